The normalized spacial score (nSPS) is 10.0. The molecule has 2 rings (SSSR count). The van der Waals surface area contributed by atoms with Gasteiger partial charge in [-0.3, -0.25) is 9.59 Å². The van der Waals surface area contributed by atoms with E-state index >= 15 is 0 Å². The molecule has 0 bridgehead atoms. The van der Waals surface area contributed by atoms with Gasteiger partial charge >= 0.3 is 0 Å². The summed E-state index contributed by atoms with van der Waals surface area (Å²) >= 11 is 0. The molecule has 1 aromatic heterocycles. The van der Waals surface area contributed by atoms with Crippen molar-refractivity contribution in [1.82, 2.24) is 10.6 Å². The largest absolute Gasteiger partial charge is 0.482 e. The molecule has 0 aliphatic carbocycles. The molecule has 22 heavy (non-hydrogen) atoms. The predicted molar refractivity (Wildman–Crippen MR) is 80.3 cm³/mol. The number of hydrogen-bond donors (Lipinski definition) is 3. The van der Waals surface area contributed by atoms with Crippen LogP contribution in [0.3, 0.4) is 0 Å². The molecular weight excluding hydrogens is 286 g/mol. The second-order valence-corrected chi connectivity index (χ2v) is 4.48. The van der Waals surface area contributed by atoms with Gasteiger partial charge in [0.2, 0.25) is 0 Å². The van der Waals surface area contributed by atoms with E-state index in [1.807, 2.05) is 0 Å². The lowest BCUT2D eigenvalue weighted by atomic mass is 10.2. The van der Waals surface area contributed by atoms with E-state index in [0.29, 0.717) is 17.0 Å². The summed E-state index contributed by atoms with van der Waals surface area (Å²) in [5.74, 6) is 0.358. The first kappa shape index (κ1) is 15.4. The maximum atomic E-state index is 11.7. The first-order valence-electron chi connectivity index (χ1n) is 6.63. The molecule has 0 saturated carbocycles. The number of furan rings is 1. The highest BCUT2D eigenvalue weighted by Crippen LogP contribution is 2.22. The molecule has 0 radical (unpaired) electrons. The van der Waals surface area contributed by atoms with Crippen molar-refractivity contribution in [2.24, 2.45) is 0 Å². The van der Waals surface area contributed by atoms with Crippen molar-refractivity contribution in [3.63, 3.8) is 0 Å². The fourth-order valence-corrected chi connectivity index (χ4v) is 1.74. The van der Waals surface area contributed by atoms with E-state index < -0.39 is 0 Å². The molecule has 0 spiro atoms. The molecule has 0 fully saturated rings. The highest BCUT2D eigenvalue weighted by Gasteiger charge is 2.10. The molecule has 0 unspecified atom stereocenters. The fraction of sp³-hybridized carbons (Fsp3) is 0.200. The molecule has 4 N–H and O–H groups in total. The zero-order valence-corrected chi connectivity index (χ0v) is 12.1. The highest BCUT2D eigenvalue weighted by molar-refractivity contribution is 5.95. The van der Waals surface area contributed by atoms with E-state index in [1.54, 1.807) is 24.3 Å². The molecule has 2 amide bonds. The van der Waals surface area contributed by atoms with Gasteiger partial charge in [0.25, 0.3) is 11.8 Å². The molecule has 7 heteroatoms. The Morgan fingerprint density at radius 3 is 2.82 bits per heavy atom. The van der Waals surface area contributed by atoms with Crippen LogP contribution in [0, 0.1) is 0 Å². The average molecular weight is 303 g/mol. The third-order valence-electron chi connectivity index (χ3n) is 2.90. The minimum atomic E-state index is -0.318. The number of amides is 2. The van der Waals surface area contributed by atoms with Gasteiger partial charge < -0.3 is 25.5 Å². The Hall–Kier alpha value is -2.96. The summed E-state index contributed by atoms with van der Waals surface area (Å²) in [6, 6.07) is 8.13. The van der Waals surface area contributed by atoms with Gasteiger partial charge in [-0.2, -0.15) is 0 Å². The van der Waals surface area contributed by atoms with Crippen molar-refractivity contribution >= 4 is 17.5 Å². The van der Waals surface area contributed by atoms with Gasteiger partial charge in [-0.1, -0.05) is 0 Å². The van der Waals surface area contributed by atoms with E-state index in [0.717, 1.165) is 0 Å². The summed E-state index contributed by atoms with van der Waals surface area (Å²) in [6.07, 6.45) is 1.53. The average Bonchev–Trinajstić information content (AvgIpc) is 3.04. The van der Waals surface area contributed by atoms with Crippen LogP contribution in [0.1, 0.15) is 16.1 Å². The SMILES string of the molecule is CNC(=O)c1ccc(N)c(OCC(=O)NCc2ccco2)c1. The number of ether oxygens (including phenoxy) is 1. The number of hydrogen-bond acceptors (Lipinski definition) is 5. The van der Waals surface area contributed by atoms with Crippen LogP contribution >= 0.6 is 0 Å². The molecular formula is C15H17N3O4. The Morgan fingerprint density at radius 1 is 1.32 bits per heavy atom. The van der Waals surface area contributed by atoms with Gasteiger partial charge in [-0.25, -0.2) is 0 Å². The third-order valence-corrected chi connectivity index (χ3v) is 2.90. The van der Waals surface area contributed by atoms with Crippen LogP contribution in [0.4, 0.5) is 5.69 Å². The summed E-state index contributed by atoms with van der Waals surface area (Å²) in [6.45, 7) is 0.0745. The zero-order valence-electron chi connectivity index (χ0n) is 12.1. The molecule has 116 valence electrons. The maximum Gasteiger partial charge on any atom is 0.258 e. The number of benzene rings is 1. The Labute approximate surface area is 127 Å². The number of carbonyl (C=O) groups is 2. The summed E-state index contributed by atoms with van der Waals surface area (Å²) in [5.41, 5.74) is 6.52. The van der Waals surface area contributed by atoms with E-state index in [-0.39, 0.29) is 30.7 Å². The molecule has 0 aliphatic heterocycles. The van der Waals surface area contributed by atoms with Crippen molar-refractivity contribution in [1.29, 1.82) is 0 Å². The van der Waals surface area contributed by atoms with Crippen LogP contribution < -0.4 is 21.1 Å². The first-order chi connectivity index (χ1) is 10.6. The van der Waals surface area contributed by atoms with Gasteiger partial charge in [-0.05, 0) is 30.3 Å². The van der Waals surface area contributed by atoms with Crippen molar-refractivity contribution < 1.29 is 18.7 Å². The number of carbonyl (C=O) groups excluding carboxylic acids is 2. The Morgan fingerprint density at radius 2 is 2.14 bits per heavy atom. The summed E-state index contributed by atoms with van der Waals surface area (Å²) < 4.78 is 10.5. The summed E-state index contributed by atoms with van der Waals surface area (Å²) in [7, 11) is 1.53. The third kappa shape index (κ3) is 4.02. The second kappa shape index (κ2) is 7.16. The first-order valence-corrected chi connectivity index (χ1v) is 6.63. The summed E-state index contributed by atoms with van der Waals surface area (Å²) in [5, 5.41) is 5.15. The van der Waals surface area contributed by atoms with Crippen LogP contribution in [-0.4, -0.2) is 25.5 Å². The van der Waals surface area contributed by atoms with Crippen LogP contribution in [0.15, 0.2) is 41.0 Å². The predicted octanol–water partition coefficient (Wildman–Crippen LogP) is 0.917. The van der Waals surface area contributed by atoms with E-state index in [4.69, 9.17) is 14.9 Å². The number of nitrogen functional groups attached to an aromatic ring is 1. The number of nitrogens with two attached hydrogens (primary N) is 1. The lowest BCUT2D eigenvalue weighted by molar-refractivity contribution is -0.123. The van der Waals surface area contributed by atoms with Crippen molar-refractivity contribution in [3.8, 4) is 5.75 Å². The fourth-order valence-electron chi connectivity index (χ4n) is 1.74. The Balaban J connectivity index is 1.90. The lowest BCUT2D eigenvalue weighted by Gasteiger charge is -2.10. The maximum absolute atomic E-state index is 11.7. The second-order valence-electron chi connectivity index (χ2n) is 4.48. The highest BCUT2D eigenvalue weighted by atomic mass is 16.5. The van der Waals surface area contributed by atoms with Gasteiger partial charge in [0, 0.05) is 12.6 Å². The Bertz CT molecular complexity index is 653. The molecule has 1 heterocycles. The van der Waals surface area contributed by atoms with Crippen molar-refractivity contribution in [3.05, 3.63) is 47.9 Å². The molecule has 0 atom stereocenters. The lowest BCUT2D eigenvalue weighted by Crippen LogP contribution is -2.28. The van der Waals surface area contributed by atoms with E-state index in [2.05, 4.69) is 10.6 Å². The monoisotopic (exact) mass is 303 g/mol. The van der Waals surface area contributed by atoms with Crippen LogP contribution in [0.5, 0.6) is 5.75 Å². The van der Waals surface area contributed by atoms with Crippen molar-refractivity contribution in [2.75, 3.05) is 19.4 Å². The van der Waals surface area contributed by atoms with Gasteiger partial charge in [0.1, 0.15) is 11.5 Å². The molecule has 2 aromatic rings. The van der Waals surface area contributed by atoms with Gasteiger partial charge in [0.15, 0.2) is 6.61 Å². The zero-order chi connectivity index (χ0) is 15.9. The number of rotatable bonds is 6. The smallest absolute Gasteiger partial charge is 0.258 e. The molecule has 7 nitrogen and oxygen atoms in total. The van der Waals surface area contributed by atoms with E-state index in [9.17, 15) is 9.59 Å². The number of anilines is 1. The summed E-state index contributed by atoms with van der Waals surface area (Å²) in [4.78, 5) is 23.3. The molecule has 0 saturated heterocycles. The topological polar surface area (TPSA) is 107 Å². The standard InChI is InChI=1S/C15H17N3O4/c1-17-15(20)10-4-5-12(16)13(7-10)22-9-14(19)18-8-11-3-2-6-21-11/h2-7H,8-9,16H2,1H3,(H,17,20)(H,18,19). The van der Waals surface area contributed by atoms with E-state index in [1.165, 1.54) is 19.4 Å². The van der Waals surface area contributed by atoms with Crippen LogP contribution in [0.2, 0.25) is 0 Å². The van der Waals surface area contributed by atoms with Gasteiger partial charge in [0.05, 0.1) is 18.5 Å². The van der Waals surface area contributed by atoms with Crippen LogP contribution in [-0.2, 0) is 11.3 Å². The molecule has 0 aliphatic rings. The Kier molecular flexibility index (Phi) is 5.02. The minimum absolute atomic E-state index is 0.206. The minimum Gasteiger partial charge on any atom is -0.482 e. The molecule has 1 aromatic carbocycles. The van der Waals surface area contributed by atoms with Crippen LogP contribution in [0.25, 0.3) is 0 Å². The van der Waals surface area contributed by atoms with Crippen molar-refractivity contribution in [2.45, 2.75) is 6.54 Å². The number of nitrogens with one attached hydrogen (secondary N) is 2. The van der Waals surface area contributed by atoms with Gasteiger partial charge in [-0.15, -0.1) is 0 Å². The quantitative estimate of drug-likeness (QED) is 0.688.